The smallest absolute Gasteiger partial charge is 0.176 e. The van der Waals surface area contributed by atoms with Gasteiger partial charge in [-0.05, 0) is 57.0 Å². The normalized spacial score (nSPS) is 20.0. The van der Waals surface area contributed by atoms with E-state index in [1.54, 1.807) is 0 Å². The summed E-state index contributed by atoms with van der Waals surface area (Å²) in [5, 5.41) is 0. The third-order valence-corrected chi connectivity index (χ3v) is 4.60. The first-order chi connectivity index (χ1) is 10.3. The number of carbonyl (C=O) groups excluding carboxylic acids is 1. The standard InChI is InChI=1S/C17H21N3O/c21-16(11-20-8-2-1-3-9-20)13-6-7-14-15(10-13)19-17(18-14)12-4-5-12/h6-7,10,12H,1-5,8-9,11H2,(H,18,19). The van der Waals surface area contributed by atoms with Crippen LogP contribution in [0.2, 0.25) is 0 Å². The van der Waals surface area contributed by atoms with Gasteiger partial charge in [0.2, 0.25) is 0 Å². The van der Waals surface area contributed by atoms with Crippen LogP contribution in [-0.2, 0) is 0 Å². The van der Waals surface area contributed by atoms with Crippen molar-refractivity contribution in [1.29, 1.82) is 0 Å². The molecule has 2 aliphatic rings. The summed E-state index contributed by atoms with van der Waals surface area (Å²) in [6, 6.07) is 5.87. The zero-order chi connectivity index (χ0) is 14.2. The number of imidazole rings is 1. The van der Waals surface area contributed by atoms with Crippen molar-refractivity contribution in [2.24, 2.45) is 0 Å². The van der Waals surface area contributed by atoms with Crippen LogP contribution in [0, 0.1) is 0 Å². The molecule has 2 heterocycles. The minimum Gasteiger partial charge on any atom is -0.342 e. The van der Waals surface area contributed by atoms with Gasteiger partial charge in [-0.25, -0.2) is 4.98 Å². The SMILES string of the molecule is O=C(CN1CCCCC1)c1ccc2nc(C3CC3)[nH]c2c1. The van der Waals surface area contributed by atoms with E-state index in [0.29, 0.717) is 12.5 Å². The Hall–Kier alpha value is -1.68. The number of nitrogens with zero attached hydrogens (tertiary/aromatic N) is 2. The second kappa shape index (κ2) is 5.26. The van der Waals surface area contributed by atoms with E-state index in [1.165, 1.54) is 32.1 Å². The molecule has 0 unspecified atom stereocenters. The Morgan fingerprint density at radius 3 is 2.81 bits per heavy atom. The number of hydrogen-bond donors (Lipinski definition) is 1. The number of hydrogen-bond acceptors (Lipinski definition) is 3. The number of nitrogens with one attached hydrogen (secondary N) is 1. The number of carbonyl (C=O) groups is 1. The number of piperidine rings is 1. The lowest BCUT2D eigenvalue weighted by Crippen LogP contribution is -2.34. The Bertz CT molecular complexity index is 666. The summed E-state index contributed by atoms with van der Waals surface area (Å²) in [4.78, 5) is 22.7. The fourth-order valence-corrected chi connectivity index (χ4v) is 3.16. The van der Waals surface area contributed by atoms with Gasteiger partial charge in [0.15, 0.2) is 5.78 Å². The largest absolute Gasteiger partial charge is 0.342 e. The topological polar surface area (TPSA) is 49.0 Å². The van der Waals surface area contributed by atoms with Crippen molar-refractivity contribution >= 4 is 16.8 Å². The third kappa shape index (κ3) is 2.72. The van der Waals surface area contributed by atoms with Crippen LogP contribution in [0.3, 0.4) is 0 Å². The van der Waals surface area contributed by atoms with Crippen LogP contribution in [0.5, 0.6) is 0 Å². The molecule has 1 aromatic carbocycles. The molecule has 1 aromatic heterocycles. The highest BCUT2D eigenvalue weighted by atomic mass is 16.1. The fraction of sp³-hybridized carbons (Fsp3) is 0.529. The molecule has 1 aliphatic carbocycles. The first-order valence-corrected chi connectivity index (χ1v) is 8.05. The van der Waals surface area contributed by atoms with E-state index in [1.807, 2.05) is 18.2 Å². The van der Waals surface area contributed by atoms with Crippen LogP contribution >= 0.6 is 0 Å². The third-order valence-electron chi connectivity index (χ3n) is 4.60. The zero-order valence-electron chi connectivity index (χ0n) is 12.3. The van der Waals surface area contributed by atoms with Gasteiger partial charge < -0.3 is 4.98 Å². The van der Waals surface area contributed by atoms with E-state index < -0.39 is 0 Å². The number of benzene rings is 1. The van der Waals surface area contributed by atoms with Gasteiger partial charge in [0.05, 0.1) is 17.6 Å². The highest BCUT2D eigenvalue weighted by molar-refractivity contribution is 6.00. The minimum absolute atomic E-state index is 0.223. The highest BCUT2D eigenvalue weighted by Crippen LogP contribution is 2.39. The predicted molar refractivity (Wildman–Crippen MR) is 82.7 cm³/mol. The lowest BCUT2D eigenvalue weighted by atomic mass is 10.1. The molecule has 0 bridgehead atoms. The molecule has 2 aromatic rings. The lowest BCUT2D eigenvalue weighted by molar-refractivity contribution is 0.0916. The van der Waals surface area contributed by atoms with Gasteiger partial charge in [-0.1, -0.05) is 6.42 Å². The fourth-order valence-electron chi connectivity index (χ4n) is 3.16. The summed E-state index contributed by atoms with van der Waals surface area (Å²) in [5.74, 6) is 1.93. The van der Waals surface area contributed by atoms with Crippen molar-refractivity contribution in [1.82, 2.24) is 14.9 Å². The quantitative estimate of drug-likeness (QED) is 0.877. The molecule has 0 atom stereocenters. The Morgan fingerprint density at radius 2 is 2.05 bits per heavy atom. The molecule has 0 spiro atoms. The molecule has 1 saturated carbocycles. The van der Waals surface area contributed by atoms with Gasteiger partial charge in [0.1, 0.15) is 5.82 Å². The first kappa shape index (κ1) is 13.0. The Kier molecular flexibility index (Phi) is 3.26. The molecule has 4 rings (SSSR count). The number of Topliss-reactive ketones (excluding diaryl/α,β-unsaturated/α-hetero) is 1. The number of rotatable bonds is 4. The summed E-state index contributed by atoms with van der Waals surface area (Å²) >= 11 is 0. The van der Waals surface area contributed by atoms with Crippen LogP contribution in [0.25, 0.3) is 11.0 Å². The van der Waals surface area contributed by atoms with E-state index in [4.69, 9.17) is 0 Å². The average molecular weight is 283 g/mol. The lowest BCUT2D eigenvalue weighted by Gasteiger charge is -2.25. The second-order valence-electron chi connectivity index (χ2n) is 6.39. The van der Waals surface area contributed by atoms with Crippen LogP contribution in [-0.4, -0.2) is 40.3 Å². The van der Waals surface area contributed by atoms with Crippen molar-refractivity contribution in [2.45, 2.75) is 38.0 Å². The molecule has 4 nitrogen and oxygen atoms in total. The summed E-state index contributed by atoms with van der Waals surface area (Å²) in [7, 11) is 0. The van der Waals surface area contributed by atoms with Gasteiger partial charge in [-0.3, -0.25) is 9.69 Å². The van der Waals surface area contributed by atoms with Crippen molar-refractivity contribution in [2.75, 3.05) is 19.6 Å². The Labute approximate surface area is 124 Å². The monoisotopic (exact) mass is 283 g/mol. The van der Waals surface area contributed by atoms with Crippen molar-refractivity contribution in [3.8, 4) is 0 Å². The van der Waals surface area contributed by atoms with Gasteiger partial charge in [-0.15, -0.1) is 0 Å². The molecule has 2 fully saturated rings. The molecular weight excluding hydrogens is 262 g/mol. The summed E-state index contributed by atoms with van der Waals surface area (Å²) in [5.41, 5.74) is 2.78. The van der Waals surface area contributed by atoms with Crippen LogP contribution in [0.1, 0.15) is 54.2 Å². The van der Waals surface area contributed by atoms with E-state index >= 15 is 0 Å². The van der Waals surface area contributed by atoms with E-state index in [0.717, 1.165) is 35.5 Å². The molecule has 1 aliphatic heterocycles. The Morgan fingerprint density at radius 1 is 1.24 bits per heavy atom. The predicted octanol–water partition coefficient (Wildman–Crippen LogP) is 3.11. The van der Waals surface area contributed by atoms with Crippen LogP contribution < -0.4 is 0 Å². The number of aromatic nitrogens is 2. The number of ketones is 1. The van der Waals surface area contributed by atoms with Gasteiger partial charge in [-0.2, -0.15) is 0 Å². The minimum atomic E-state index is 0.223. The average Bonchev–Trinajstić information content (AvgIpc) is 3.27. The van der Waals surface area contributed by atoms with Crippen LogP contribution in [0.15, 0.2) is 18.2 Å². The van der Waals surface area contributed by atoms with Gasteiger partial charge in [0.25, 0.3) is 0 Å². The Balaban J connectivity index is 1.53. The maximum Gasteiger partial charge on any atom is 0.176 e. The van der Waals surface area contributed by atoms with Crippen molar-refractivity contribution in [3.05, 3.63) is 29.6 Å². The number of fused-ring (bicyclic) bond motifs is 1. The van der Waals surface area contributed by atoms with Gasteiger partial charge in [0, 0.05) is 11.5 Å². The number of H-pyrrole nitrogens is 1. The van der Waals surface area contributed by atoms with E-state index in [-0.39, 0.29) is 5.78 Å². The number of likely N-dealkylation sites (tertiary alicyclic amines) is 1. The molecular formula is C17H21N3O. The zero-order valence-corrected chi connectivity index (χ0v) is 12.3. The van der Waals surface area contributed by atoms with Gasteiger partial charge >= 0.3 is 0 Å². The number of aromatic amines is 1. The van der Waals surface area contributed by atoms with E-state index in [9.17, 15) is 4.79 Å². The summed E-state index contributed by atoms with van der Waals surface area (Å²) < 4.78 is 0. The molecule has 0 radical (unpaired) electrons. The van der Waals surface area contributed by atoms with Crippen molar-refractivity contribution in [3.63, 3.8) is 0 Å². The molecule has 0 amide bonds. The molecule has 1 N–H and O–H groups in total. The van der Waals surface area contributed by atoms with Crippen molar-refractivity contribution < 1.29 is 4.79 Å². The molecule has 110 valence electrons. The maximum atomic E-state index is 12.4. The molecule has 21 heavy (non-hydrogen) atoms. The summed E-state index contributed by atoms with van der Waals surface area (Å²) in [6.45, 7) is 2.67. The maximum absolute atomic E-state index is 12.4. The van der Waals surface area contributed by atoms with E-state index in [2.05, 4.69) is 14.9 Å². The molecule has 4 heteroatoms. The van der Waals surface area contributed by atoms with Crippen LogP contribution in [0.4, 0.5) is 0 Å². The first-order valence-electron chi connectivity index (χ1n) is 8.05. The summed E-state index contributed by atoms with van der Waals surface area (Å²) in [6.07, 6.45) is 6.21. The highest BCUT2D eigenvalue weighted by Gasteiger charge is 2.26. The second-order valence-corrected chi connectivity index (χ2v) is 6.39. The molecule has 1 saturated heterocycles.